The second kappa shape index (κ2) is 25.8. The van der Waals surface area contributed by atoms with Crippen molar-refractivity contribution in [2.24, 2.45) is 0 Å². The summed E-state index contributed by atoms with van der Waals surface area (Å²) in [7, 11) is -2.35. The Morgan fingerprint density at radius 3 is 0.561 bits per heavy atom. The van der Waals surface area contributed by atoms with Gasteiger partial charge in [0.15, 0.2) is 0 Å². The summed E-state index contributed by atoms with van der Waals surface area (Å²) in [6.07, 6.45) is 1.89. The molecule has 3 heterocycles. The first-order chi connectivity index (χ1) is 43.9. The summed E-state index contributed by atoms with van der Waals surface area (Å²) < 4.78 is 25.1. The van der Waals surface area contributed by atoms with Gasteiger partial charge in [-0.15, -0.1) is 0 Å². The molecular formula is C93H138NO3P. The first kappa shape index (κ1) is 78.8. The normalized spacial score (nSPS) is 19.2. The second-order valence-electron chi connectivity index (χ2n) is 42.8. The monoisotopic (exact) mass is 1350 g/mol. The van der Waals surface area contributed by atoms with Crippen LogP contribution in [0.25, 0.3) is 0 Å². The first-order valence-electron chi connectivity index (χ1n) is 37.6. The van der Waals surface area contributed by atoms with Crippen molar-refractivity contribution in [2.45, 2.75) is 372 Å². The van der Waals surface area contributed by atoms with Crippen molar-refractivity contribution in [1.82, 2.24) is 4.90 Å². The van der Waals surface area contributed by atoms with E-state index in [-0.39, 0.29) is 83.1 Å². The van der Waals surface area contributed by atoms with E-state index in [0.29, 0.717) is 19.3 Å². The summed E-state index contributed by atoms with van der Waals surface area (Å²) in [5.41, 5.74) is 24.4. The van der Waals surface area contributed by atoms with Gasteiger partial charge in [0.25, 0.3) is 0 Å². The maximum absolute atomic E-state index is 8.36. The molecule has 0 saturated carbocycles. The van der Waals surface area contributed by atoms with Crippen LogP contribution >= 0.6 is 8.60 Å². The molecule has 3 aliphatic rings. The Hall–Kier alpha value is -4.89. The highest BCUT2D eigenvalue weighted by Gasteiger charge is 2.44. The molecule has 6 aromatic rings. The fraction of sp³-hybridized carbons (Fsp3) is 0.613. The van der Waals surface area contributed by atoms with Gasteiger partial charge in [-0.1, -0.05) is 322 Å². The lowest BCUT2D eigenvalue weighted by atomic mass is 9.71. The number of nitrogens with zero attached hydrogens (tertiary/aromatic N) is 1. The van der Waals surface area contributed by atoms with E-state index < -0.39 is 8.60 Å². The Morgan fingerprint density at radius 1 is 0.235 bits per heavy atom. The van der Waals surface area contributed by atoms with E-state index in [2.05, 4.69) is 348 Å². The minimum Gasteiger partial charge on any atom is -0.408 e. The van der Waals surface area contributed by atoms with Gasteiger partial charge in [0.05, 0.1) is 0 Å². The predicted octanol–water partition coefficient (Wildman–Crippen LogP) is 27.3. The van der Waals surface area contributed by atoms with Gasteiger partial charge in [-0.05, 0) is 186 Å². The first-order valence-corrected chi connectivity index (χ1v) is 38.7. The molecule has 0 amide bonds. The quantitative estimate of drug-likeness (QED) is 0.142. The van der Waals surface area contributed by atoms with E-state index in [1.807, 2.05) is 0 Å². The van der Waals surface area contributed by atoms with E-state index in [1.54, 1.807) is 0 Å². The summed E-state index contributed by atoms with van der Waals surface area (Å²) in [4.78, 5) is 3.04. The van der Waals surface area contributed by atoms with Gasteiger partial charge in [-0.25, -0.2) is 0 Å². The lowest BCUT2D eigenvalue weighted by molar-refractivity contribution is 0.0983. The molecule has 0 saturated heterocycles. The third-order valence-corrected chi connectivity index (χ3v) is 22.6. The van der Waals surface area contributed by atoms with Crippen LogP contribution in [-0.4, -0.2) is 4.90 Å². The molecule has 2 bridgehead atoms. The van der Waals surface area contributed by atoms with Crippen molar-refractivity contribution >= 4 is 8.60 Å². The Balaban J connectivity index is 1.82. The zero-order chi connectivity index (χ0) is 74.5. The van der Waals surface area contributed by atoms with Crippen molar-refractivity contribution in [3.05, 3.63) is 190 Å². The topological polar surface area (TPSA) is 30.9 Å². The molecule has 0 aromatic heterocycles. The minimum absolute atomic E-state index is 0.120. The Morgan fingerprint density at radius 2 is 0.398 bits per heavy atom. The SMILES string of the molecule is CC1c2c(cc(C(C)(C)C)cc2C(C)(C)C)Cc2cc(C(C)(C)C)cc(C(C)(C)C)c2OP2Oc3c(cc(C(C)(C)C)cc3C(C)(C)C)Cc3cc(C(C)(C)C)cc(C(C)(C)C)c3C(C)N1C(C)c1c(cc(C(C)(C)C)cc1C(C)(C)C)Cc1cc(C(C)(C)C)cc(C(C)(C)C)c1O2. The average Bonchev–Trinajstić information content (AvgIpc) is 0.738. The van der Waals surface area contributed by atoms with E-state index in [1.165, 1.54) is 83.5 Å². The lowest BCUT2D eigenvalue weighted by Crippen LogP contribution is -2.38. The summed E-state index contributed by atoms with van der Waals surface area (Å²) in [6.45, 7) is 94.3. The molecule has 538 valence electrons. The molecule has 5 heteroatoms. The predicted molar refractivity (Wildman–Crippen MR) is 427 cm³/mol. The minimum atomic E-state index is -2.35. The molecule has 4 nitrogen and oxygen atoms in total. The molecule has 6 aromatic carbocycles. The van der Waals surface area contributed by atoms with Crippen LogP contribution in [0.4, 0.5) is 0 Å². The van der Waals surface area contributed by atoms with Crippen molar-refractivity contribution in [2.75, 3.05) is 0 Å². The van der Waals surface area contributed by atoms with E-state index in [0.717, 1.165) is 50.6 Å². The van der Waals surface area contributed by atoms with Gasteiger partial charge in [0.1, 0.15) is 17.2 Å². The Kier molecular flexibility index (Phi) is 20.8. The van der Waals surface area contributed by atoms with Crippen LogP contribution in [0.2, 0.25) is 0 Å². The zero-order valence-corrected chi connectivity index (χ0v) is 70.8. The van der Waals surface area contributed by atoms with Crippen molar-refractivity contribution in [3.63, 3.8) is 0 Å². The Labute approximate surface area is 602 Å². The largest absolute Gasteiger partial charge is 0.530 e. The third kappa shape index (κ3) is 16.6. The highest BCUT2D eigenvalue weighted by Crippen LogP contribution is 2.57. The van der Waals surface area contributed by atoms with E-state index in [4.69, 9.17) is 13.6 Å². The number of hydrogen-bond donors (Lipinski definition) is 0. The van der Waals surface area contributed by atoms with Crippen LogP contribution in [0.5, 0.6) is 17.2 Å². The van der Waals surface area contributed by atoms with Gasteiger partial charge in [0.2, 0.25) is 0 Å². The van der Waals surface area contributed by atoms with Gasteiger partial charge in [-0.3, -0.25) is 4.90 Å². The molecule has 3 atom stereocenters. The second-order valence-corrected chi connectivity index (χ2v) is 43.8. The van der Waals surface area contributed by atoms with Crippen molar-refractivity contribution in [1.29, 1.82) is 0 Å². The molecule has 0 radical (unpaired) electrons. The fourth-order valence-electron chi connectivity index (χ4n) is 15.3. The zero-order valence-electron chi connectivity index (χ0n) is 69.9. The van der Waals surface area contributed by atoms with Gasteiger partial charge in [0, 0.05) is 54.1 Å². The molecular weight excluding hydrogens is 1210 g/mol. The number of rotatable bonds is 0. The number of hydrogen-bond acceptors (Lipinski definition) is 4. The molecule has 9 rings (SSSR count). The average molecular weight is 1350 g/mol. The smallest absolute Gasteiger partial charge is 0.408 e. The van der Waals surface area contributed by atoms with Crippen LogP contribution in [0, 0.1) is 0 Å². The molecule has 0 aliphatic carbocycles. The third-order valence-electron chi connectivity index (χ3n) is 21.6. The summed E-state index contributed by atoms with van der Waals surface area (Å²) in [6, 6.07) is 30.3. The van der Waals surface area contributed by atoms with Crippen molar-refractivity contribution < 1.29 is 13.6 Å². The summed E-state index contributed by atoms with van der Waals surface area (Å²) in [5.74, 6) is 2.56. The molecule has 3 aliphatic heterocycles. The maximum Gasteiger partial charge on any atom is 0.530 e. The standard InChI is InChI=1S/C93H138NO3P/c1-55-76-58(43-64(82(4,5)6)49-70(76)88(22,23)24)40-61-46-67(85(13,14)15)52-73(91(31,32)33)79(61)95-98-96-80-62(47-68(86(16,17)18)53-74(80)92(34,35)36)41-59-44-65(83(7,8)9)50-71(89(25,26)27)77(59)56(2)94(55)57(3)78-60(45-66(84(10,11)12)51-72(78)90(28,29)30)42-63-48-69(87(19,20)21)54-75(81(63)97-98)93(37,38)39/h43-57H,40-42H2,1-39H3. The molecule has 98 heavy (non-hydrogen) atoms. The molecule has 3 unspecified atom stereocenters. The number of benzene rings is 6. The van der Waals surface area contributed by atoms with Crippen LogP contribution in [-0.2, 0) is 84.2 Å². The van der Waals surface area contributed by atoms with Gasteiger partial charge >= 0.3 is 8.60 Å². The van der Waals surface area contributed by atoms with Gasteiger partial charge < -0.3 is 13.6 Å². The van der Waals surface area contributed by atoms with Crippen LogP contribution < -0.4 is 13.6 Å². The van der Waals surface area contributed by atoms with Crippen LogP contribution in [0.1, 0.15) is 405 Å². The molecule has 0 N–H and O–H groups in total. The molecule has 0 spiro atoms. The highest BCUT2D eigenvalue weighted by molar-refractivity contribution is 7.43. The van der Waals surface area contributed by atoms with Gasteiger partial charge in [-0.2, -0.15) is 0 Å². The van der Waals surface area contributed by atoms with E-state index in [9.17, 15) is 0 Å². The van der Waals surface area contributed by atoms with E-state index >= 15 is 0 Å². The fourth-order valence-corrected chi connectivity index (χ4v) is 16.5. The Bertz CT molecular complexity index is 3550. The molecule has 0 fully saturated rings. The summed E-state index contributed by atoms with van der Waals surface area (Å²) >= 11 is 0. The maximum atomic E-state index is 8.36. The van der Waals surface area contributed by atoms with Crippen LogP contribution in [0.3, 0.4) is 0 Å². The summed E-state index contributed by atoms with van der Waals surface area (Å²) in [5, 5.41) is 0. The lowest BCUT2D eigenvalue weighted by Gasteiger charge is -2.46. The van der Waals surface area contributed by atoms with Crippen LogP contribution in [0.15, 0.2) is 72.8 Å². The van der Waals surface area contributed by atoms with Crippen molar-refractivity contribution in [3.8, 4) is 17.2 Å². The highest BCUT2D eigenvalue weighted by atomic mass is 31.2.